The highest BCUT2D eigenvalue weighted by Gasteiger charge is 2.08. The lowest BCUT2D eigenvalue weighted by Crippen LogP contribution is -2.12. The van der Waals surface area contributed by atoms with Crippen molar-refractivity contribution in [1.82, 2.24) is 4.90 Å². The number of nitrogens with zero attached hydrogens (tertiary/aromatic N) is 1. The Bertz CT molecular complexity index is 696. The minimum absolute atomic E-state index is 0.198. The number of hydrogen-bond donors (Lipinski definition) is 1. The first-order valence-electron chi connectivity index (χ1n) is 13.1. The molecule has 0 amide bonds. The number of rotatable bonds is 19. The summed E-state index contributed by atoms with van der Waals surface area (Å²) < 4.78 is 4.86. The molecule has 0 aliphatic rings. The largest absolute Gasteiger partial charge is 0.480 e. The maximum atomic E-state index is 10.2. The first-order chi connectivity index (χ1) is 16.8. The summed E-state index contributed by atoms with van der Waals surface area (Å²) in [7, 11) is 4.33. The van der Waals surface area contributed by atoms with Crippen molar-refractivity contribution in [3.05, 3.63) is 39.4 Å². The molecule has 0 bridgehead atoms. The first kappa shape index (κ1) is 34.1. The molecule has 7 heteroatoms. The minimum atomic E-state index is -1.09. The van der Waals surface area contributed by atoms with Crippen molar-refractivity contribution < 1.29 is 14.6 Å². The summed E-state index contributed by atoms with van der Waals surface area (Å²) in [6.07, 6.45) is 24.3. The third kappa shape index (κ3) is 22.0. The van der Waals surface area contributed by atoms with Crippen molar-refractivity contribution in [2.45, 2.75) is 96.8 Å². The van der Waals surface area contributed by atoms with Gasteiger partial charge in [-0.05, 0) is 58.8 Å². The van der Waals surface area contributed by atoms with Gasteiger partial charge in [0, 0.05) is 6.07 Å². The van der Waals surface area contributed by atoms with Gasteiger partial charge in [-0.2, -0.15) is 0 Å². The number of allylic oxidation sites excluding steroid dienone is 2. The Labute approximate surface area is 229 Å². The molecule has 1 aromatic rings. The van der Waals surface area contributed by atoms with Crippen molar-refractivity contribution in [2.24, 2.45) is 0 Å². The van der Waals surface area contributed by atoms with Crippen molar-refractivity contribution in [2.75, 3.05) is 27.2 Å². The number of carboxylic acid groups (broad SMARTS) is 1. The van der Waals surface area contributed by atoms with Gasteiger partial charge in [0.15, 0.2) is 6.61 Å². The SMILES string of the molecule is CCCCCCCC/C=C\CCCCCCCCN(C)C.O=C(O)COc1cc(Cl)c(Cl)cc1Cl. The molecule has 0 aliphatic carbocycles. The van der Waals surface area contributed by atoms with Crippen LogP contribution in [0.15, 0.2) is 24.3 Å². The van der Waals surface area contributed by atoms with Gasteiger partial charge in [-0.3, -0.25) is 0 Å². The Morgan fingerprint density at radius 3 is 1.80 bits per heavy atom. The first-order valence-corrected chi connectivity index (χ1v) is 14.2. The van der Waals surface area contributed by atoms with E-state index in [2.05, 4.69) is 38.1 Å². The highest BCUT2D eigenvalue weighted by molar-refractivity contribution is 6.43. The maximum Gasteiger partial charge on any atom is 0.341 e. The van der Waals surface area contributed by atoms with Gasteiger partial charge >= 0.3 is 5.97 Å². The normalized spacial score (nSPS) is 11.1. The molecular weight excluding hydrogens is 505 g/mol. The predicted octanol–water partition coefficient (Wildman–Crippen LogP) is 9.70. The second kappa shape index (κ2) is 23.5. The molecule has 0 aromatic heterocycles. The molecule has 0 unspecified atom stereocenters. The van der Waals surface area contributed by atoms with Crippen LogP contribution in [0.5, 0.6) is 5.75 Å². The molecule has 0 heterocycles. The molecule has 0 radical (unpaired) electrons. The molecule has 0 fully saturated rings. The Morgan fingerprint density at radius 1 is 0.800 bits per heavy atom. The third-order valence-corrected chi connectivity index (χ3v) is 6.46. The van der Waals surface area contributed by atoms with Crippen molar-refractivity contribution >= 4 is 40.8 Å². The predicted molar refractivity (Wildman–Crippen MR) is 153 cm³/mol. The molecule has 4 nitrogen and oxygen atoms in total. The molecule has 1 aromatic carbocycles. The Kier molecular flexibility index (Phi) is 22.8. The van der Waals surface area contributed by atoms with E-state index in [-0.39, 0.29) is 15.8 Å². The van der Waals surface area contributed by atoms with Crippen molar-refractivity contribution in [3.63, 3.8) is 0 Å². The van der Waals surface area contributed by atoms with Crippen LogP contribution < -0.4 is 4.74 Å². The second-order valence-corrected chi connectivity index (χ2v) is 10.3. The van der Waals surface area contributed by atoms with Crippen molar-refractivity contribution in [3.8, 4) is 5.75 Å². The lowest BCUT2D eigenvalue weighted by molar-refractivity contribution is -0.139. The van der Waals surface area contributed by atoms with E-state index >= 15 is 0 Å². The highest BCUT2D eigenvalue weighted by Crippen LogP contribution is 2.33. The summed E-state index contributed by atoms with van der Waals surface area (Å²) >= 11 is 17.1. The van der Waals surface area contributed by atoms with Gasteiger partial charge in [-0.1, -0.05) is 112 Å². The number of benzene rings is 1. The van der Waals surface area contributed by atoms with E-state index in [1.807, 2.05) is 0 Å². The number of unbranched alkanes of at least 4 members (excludes halogenated alkanes) is 12. The van der Waals surface area contributed by atoms with Gasteiger partial charge in [-0.25, -0.2) is 4.79 Å². The quantitative estimate of drug-likeness (QED) is 0.106. The zero-order chi connectivity index (χ0) is 26.3. The molecule has 0 spiro atoms. The number of hydrogen-bond acceptors (Lipinski definition) is 3. The van der Waals surface area contributed by atoms with Gasteiger partial charge in [0.05, 0.1) is 15.1 Å². The van der Waals surface area contributed by atoms with Gasteiger partial charge < -0.3 is 14.7 Å². The highest BCUT2D eigenvalue weighted by atomic mass is 35.5. The van der Waals surface area contributed by atoms with E-state index in [0.29, 0.717) is 5.02 Å². The summed E-state index contributed by atoms with van der Waals surface area (Å²) in [5, 5.41) is 9.14. The fourth-order valence-corrected chi connectivity index (χ4v) is 4.02. The van der Waals surface area contributed by atoms with Crippen LogP contribution >= 0.6 is 34.8 Å². The Morgan fingerprint density at radius 2 is 1.29 bits per heavy atom. The number of aliphatic carboxylic acids is 1. The lowest BCUT2D eigenvalue weighted by Gasteiger charge is -2.08. The summed E-state index contributed by atoms with van der Waals surface area (Å²) in [5.41, 5.74) is 0. The van der Waals surface area contributed by atoms with Gasteiger partial charge in [-0.15, -0.1) is 0 Å². The zero-order valence-corrected chi connectivity index (χ0v) is 24.2. The standard InChI is InChI=1S/C20H41N.C8H5Cl3O3/c1-4-5-6-7-8-9-10-11-12-13-14-15-16-17-18-19-20-21(2)3;9-4-1-6(11)7(2-5(4)10)14-3-8(12)13/h11-12H,4-10,13-20H2,1-3H3;1-2H,3H2,(H,12,13)/b12-11-;. The van der Waals surface area contributed by atoms with Crippen LogP contribution in [0.3, 0.4) is 0 Å². The van der Waals surface area contributed by atoms with Crippen LogP contribution in [0.1, 0.15) is 96.8 Å². The Hall–Kier alpha value is -0.940. The third-order valence-electron chi connectivity index (χ3n) is 5.44. The summed E-state index contributed by atoms with van der Waals surface area (Å²) in [5.74, 6) is -0.893. The Balaban J connectivity index is 0.000000712. The summed E-state index contributed by atoms with van der Waals surface area (Å²) in [6.45, 7) is 3.06. The number of halogens is 3. The number of carbonyl (C=O) groups is 1. The molecule has 1 N–H and O–H groups in total. The lowest BCUT2D eigenvalue weighted by atomic mass is 10.1. The molecular formula is C28H46Cl3NO3. The molecule has 0 saturated carbocycles. The smallest absolute Gasteiger partial charge is 0.341 e. The molecule has 35 heavy (non-hydrogen) atoms. The van der Waals surface area contributed by atoms with Crippen LogP contribution in [-0.4, -0.2) is 43.2 Å². The monoisotopic (exact) mass is 549 g/mol. The minimum Gasteiger partial charge on any atom is -0.480 e. The number of ether oxygens (including phenoxy) is 1. The van der Waals surface area contributed by atoms with Crippen LogP contribution in [-0.2, 0) is 4.79 Å². The number of carboxylic acids is 1. The summed E-state index contributed by atoms with van der Waals surface area (Å²) in [6, 6.07) is 2.76. The van der Waals surface area contributed by atoms with E-state index in [1.54, 1.807) is 0 Å². The second-order valence-electron chi connectivity index (χ2n) is 9.12. The van der Waals surface area contributed by atoms with Crippen molar-refractivity contribution in [1.29, 1.82) is 0 Å². The van der Waals surface area contributed by atoms with Crippen LogP contribution in [0, 0.1) is 0 Å². The average molecular weight is 551 g/mol. The van der Waals surface area contributed by atoms with Gasteiger partial charge in [0.25, 0.3) is 0 Å². The zero-order valence-electron chi connectivity index (χ0n) is 22.0. The summed E-state index contributed by atoms with van der Waals surface area (Å²) in [4.78, 5) is 12.5. The van der Waals surface area contributed by atoms with Crippen LogP contribution in [0.4, 0.5) is 0 Å². The van der Waals surface area contributed by atoms with Crippen LogP contribution in [0.2, 0.25) is 15.1 Å². The van der Waals surface area contributed by atoms with Gasteiger partial charge in [0.1, 0.15) is 5.75 Å². The average Bonchev–Trinajstić information content (AvgIpc) is 2.80. The fraction of sp³-hybridized carbons (Fsp3) is 0.679. The molecule has 0 atom stereocenters. The van der Waals surface area contributed by atoms with Gasteiger partial charge in [0.2, 0.25) is 0 Å². The fourth-order valence-electron chi connectivity index (χ4n) is 3.43. The van der Waals surface area contributed by atoms with E-state index < -0.39 is 12.6 Å². The molecule has 0 aliphatic heterocycles. The van der Waals surface area contributed by atoms with E-state index in [4.69, 9.17) is 44.6 Å². The molecule has 1 rings (SSSR count). The van der Waals surface area contributed by atoms with E-state index in [1.165, 1.54) is 109 Å². The maximum absolute atomic E-state index is 10.2. The van der Waals surface area contributed by atoms with E-state index in [0.717, 1.165) is 0 Å². The topological polar surface area (TPSA) is 49.8 Å². The molecule has 202 valence electrons. The van der Waals surface area contributed by atoms with E-state index in [9.17, 15) is 4.79 Å². The van der Waals surface area contributed by atoms with Crippen LogP contribution in [0.25, 0.3) is 0 Å². The molecule has 0 saturated heterocycles.